The van der Waals surface area contributed by atoms with Crippen molar-refractivity contribution in [1.82, 2.24) is 9.80 Å². The third kappa shape index (κ3) is 4.02. The van der Waals surface area contributed by atoms with Gasteiger partial charge < -0.3 is 5.73 Å². The monoisotopic (exact) mass is 293 g/mol. The first kappa shape index (κ1) is 16.4. The van der Waals surface area contributed by atoms with Crippen molar-refractivity contribution in [3.8, 4) is 0 Å². The number of nitrogens with two attached hydrogens (primary N) is 1. The quantitative estimate of drug-likeness (QED) is 0.906. The Morgan fingerprint density at radius 1 is 1.14 bits per heavy atom. The molecule has 1 aliphatic heterocycles. The molecule has 2 N–H and O–H groups in total. The van der Waals surface area contributed by atoms with E-state index < -0.39 is 0 Å². The maximum atomic E-state index is 13.6. The van der Waals surface area contributed by atoms with E-state index in [2.05, 4.69) is 30.6 Å². The van der Waals surface area contributed by atoms with Crippen LogP contribution in [0.3, 0.4) is 0 Å². The second-order valence-corrected chi connectivity index (χ2v) is 6.24. The van der Waals surface area contributed by atoms with Crippen molar-refractivity contribution < 1.29 is 4.39 Å². The predicted molar refractivity (Wildman–Crippen MR) is 85.7 cm³/mol. The molecule has 0 amide bonds. The molecule has 2 unspecified atom stereocenters. The number of halogens is 1. The molecule has 2 atom stereocenters. The average Bonchev–Trinajstić information content (AvgIpc) is 2.48. The van der Waals surface area contributed by atoms with E-state index in [1.807, 2.05) is 6.07 Å². The summed E-state index contributed by atoms with van der Waals surface area (Å²) >= 11 is 0. The minimum Gasteiger partial charge on any atom is -0.326 e. The SMILES string of the molecule is CCC(N)C(c1cccc(F)c1)N1CCN(C(C)C)CC1. The van der Waals surface area contributed by atoms with Gasteiger partial charge in [0.25, 0.3) is 0 Å². The fraction of sp³-hybridized carbons (Fsp3) is 0.647. The first-order valence-corrected chi connectivity index (χ1v) is 8.02. The zero-order chi connectivity index (χ0) is 15.4. The highest BCUT2D eigenvalue weighted by Gasteiger charge is 2.29. The summed E-state index contributed by atoms with van der Waals surface area (Å²) in [6.45, 7) is 10.7. The Hall–Kier alpha value is -0.970. The number of hydrogen-bond acceptors (Lipinski definition) is 3. The van der Waals surface area contributed by atoms with Crippen molar-refractivity contribution in [3.05, 3.63) is 35.6 Å². The van der Waals surface area contributed by atoms with Gasteiger partial charge in [-0.2, -0.15) is 0 Å². The lowest BCUT2D eigenvalue weighted by molar-refractivity contribution is 0.0678. The Morgan fingerprint density at radius 2 is 1.76 bits per heavy atom. The van der Waals surface area contributed by atoms with Crippen LogP contribution in [0, 0.1) is 5.82 Å². The lowest BCUT2D eigenvalue weighted by Gasteiger charge is -2.42. The van der Waals surface area contributed by atoms with Crippen molar-refractivity contribution >= 4 is 0 Å². The molecule has 1 aromatic carbocycles. The molecule has 3 nitrogen and oxygen atoms in total. The lowest BCUT2D eigenvalue weighted by Crippen LogP contribution is -2.52. The molecule has 0 aromatic heterocycles. The molecule has 1 fully saturated rings. The molecule has 21 heavy (non-hydrogen) atoms. The molecule has 4 heteroatoms. The van der Waals surface area contributed by atoms with Crippen LogP contribution >= 0.6 is 0 Å². The molecule has 118 valence electrons. The van der Waals surface area contributed by atoms with Crippen LogP contribution in [0.15, 0.2) is 24.3 Å². The van der Waals surface area contributed by atoms with Crippen LogP contribution in [-0.4, -0.2) is 48.1 Å². The highest BCUT2D eigenvalue weighted by atomic mass is 19.1. The standard InChI is InChI=1S/C17H28FN3/c1-4-16(19)17(14-6-5-7-15(18)12-14)21-10-8-20(9-11-21)13(2)3/h5-7,12-13,16-17H,4,8-11,19H2,1-3H3. The van der Waals surface area contributed by atoms with E-state index in [1.54, 1.807) is 12.1 Å². The molecule has 0 aliphatic carbocycles. The van der Waals surface area contributed by atoms with Gasteiger partial charge in [-0.15, -0.1) is 0 Å². The third-order valence-electron chi connectivity index (χ3n) is 4.54. The van der Waals surface area contributed by atoms with Crippen molar-refractivity contribution in [2.45, 2.75) is 45.3 Å². The summed E-state index contributed by atoms with van der Waals surface area (Å²) in [6, 6.07) is 7.64. The van der Waals surface area contributed by atoms with E-state index in [0.29, 0.717) is 6.04 Å². The van der Waals surface area contributed by atoms with E-state index in [4.69, 9.17) is 5.73 Å². The van der Waals surface area contributed by atoms with Crippen molar-refractivity contribution in [1.29, 1.82) is 0 Å². The second-order valence-electron chi connectivity index (χ2n) is 6.24. The van der Waals surface area contributed by atoms with Crippen LogP contribution in [0.4, 0.5) is 4.39 Å². The molecule has 1 aliphatic rings. The first-order valence-electron chi connectivity index (χ1n) is 8.02. The minimum absolute atomic E-state index is 0.0393. The molecule has 0 spiro atoms. The predicted octanol–water partition coefficient (Wildman–Crippen LogP) is 2.63. The lowest BCUT2D eigenvalue weighted by atomic mass is 9.95. The van der Waals surface area contributed by atoms with Gasteiger partial charge in [-0.1, -0.05) is 19.1 Å². The van der Waals surface area contributed by atoms with E-state index in [0.717, 1.165) is 38.2 Å². The molecule has 1 heterocycles. The molecular weight excluding hydrogens is 265 g/mol. The van der Waals surface area contributed by atoms with Crippen LogP contribution in [0.2, 0.25) is 0 Å². The van der Waals surface area contributed by atoms with Gasteiger partial charge in [-0.25, -0.2) is 4.39 Å². The Labute approximate surface area is 127 Å². The van der Waals surface area contributed by atoms with E-state index in [-0.39, 0.29) is 17.9 Å². The average molecular weight is 293 g/mol. The maximum absolute atomic E-state index is 13.6. The van der Waals surface area contributed by atoms with E-state index in [1.165, 1.54) is 6.07 Å². The smallest absolute Gasteiger partial charge is 0.123 e. The number of hydrogen-bond donors (Lipinski definition) is 1. The Bertz CT molecular complexity index is 441. The van der Waals surface area contributed by atoms with Crippen LogP contribution in [0.25, 0.3) is 0 Å². The van der Waals surface area contributed by atoms with Crippen molar-refractivity contribution in [2.24, 2.45) is 5.73 Å². The second kappa shape index (κ2) is 7.34. The molecular formula is C17H28FN3. The van der Waals surface area contributed by atoms with Gasteiger partial charge in [0, 0.05) is 38.3 Å². The van der Waals surface area contributed by atoms with E-state index in [9.17, 15) is 4.39 Å². The fourth-order valence-corrected chi connectivity index (χ4v) is 3.17. The highest BCUT2D eigenvalue weighted by molar-refractivity contribution is 5.22. The molecule has 0 saturated carbocycles. The minimum atomic E-state index is -0.179. The fourth-order valence-electron chi connectivity index (χ4n) is 3.17. The zero-order valence-corrected chi connectivity index (χ0v) is 13.4. The Balaban J connectivity index is 2.14. The van der Waals surface area contributed by atoms with Gasteiger partial charge in [0.05, 0.1) is 6.04 Å². The van der Waals surface area contributed by atoms with Crippen LogP contribution in [-0.2, 0) is 0 Å². The topological polar surface area (TPSA) is 32.5 Å². The van der Waals surface area contributed by atoms with E-state index >= 15 is 0 Å². The normalized spacial score (nSPS) is 20.7. The number of piperazine rings is 1. The Kier molecular flexibility index (Phi) is 5.73. The number of nitrogens with zero attached hydrogens (tertiary/aromatic N) is 2. The van der Waals surface area contributed by atoms with Gasteiger partial charge in [-0.3, -0.25) is 9.80 Å². The number of rotatable bonds is 5. The van der Waals surface area contributed by atoms with Gasteiger partial charge >= 0.3 is 0 Å². The van der Waals surface area contributed by atoms with Crippen molar-refractivity contribution in [3.63, 3.8) is 0 Å². The van der Waals surface area contributed by atoms with Crippen molar-refractivity contribution in [2.75, 3.05) is 26.2 Å². The maximum Gasteiger partial charge on any atom is 0.123 e. The van der Waals surface area contributed by atoms with Gasteiger partial charge in [0.1, 0.15) is 5.82 Å². The molecule has 0 bridgehead atoms. The number of benzene rings is 1. The summed E-state index contributed by atoms with van der Waals surface area (Å²) in [4.78, 5) is 4.90. The Morgan fingerprint density at radius 3 is 2.29 bits per heavy atom. The largest absolute Gasteiger partial charge is 0.326 e. The summed E-state index contributed by atoms with van der Waals surface area (Å²) in [5.41, 5.74) is 7.35. The first-order chi connectivity index (χ1) is 10.0. The van der Waals surface area contributed by atoms with Gasteiger partial charge in [0.15, 0.2) is 0 Å². The molecule has 2 rings (SSSR count). The molecule has 1 saturated heterocycles. The summed E-state index contributed by atoms with van der Waals surface area (Å²) in [5.74, 6) is -0.179. The summed E-state index contributed by atoms with van der Waals surface area (Å²) < 4.78 is 13.6. The van der Waals surface area contributed by atoms with Gasteiger partial charge in [0.2, 0.25) is 0 Å². The summed E-state index contributed by atoms with van der Waals surface area (Å²) in [6.07, 6.45) is 0.894. The summed E-state index contributed by atoms with van der Waals surface area (Å²) in [5, 5.41) is 0. The highest BCUT2D eigenvalue weighted by Crippen LogP contribution is 2.27. The third-order valence-corrected chi connectivity index (χ3v) is 4.54. The molecule has 1 aromatic rings. The summed E-state index contributed by atoms with van der Waals surface area (Å²) in [7, 11) is 0. The van der Waals surface area contributed by atoms with Crippen LogP contribution < -0.4 is 5.73 Å². The zero-order valence-electron chi connectivity index (χ0n) is 13.4. The van der Waals surface area contributed by atoms with Crippen LogP contribution in [0.1, 0.15) is 38.8 Å². The molecule has 0 radical (unpaired) electrons. The van der Waals surface area contributed by atoms with Gasteiger partial charge in [-0.05, 0) is 38.0 Å². The van der Waals surface area contributed by atoms with Crippen LogP contribution in [0.5, 0.6) is 0 Å².